The number of hydrogen-bond acceptors (Lipinski definition) is 5. The van der Waals surface area contributed by atoms with E-state index in [1.807, 2.05) is 24.3 Å². The Morgan fingerprint density at radius 3 is 2.13 bits per heavy atom. The molecule has 0 aromatic heterocycles. The van der Waals surface area contributed by atoms with Crippen LogP contribution < -0.4 is 21.0 Å². The minimum Gasteiger partial charge on any atom is -0.502 e. The second kappa shape index (κ2) is 9.49. The molecule has 7 nitrogen and oxygen atoms in total. The zero-order valence-electron chi connectivity index (χ0n) is 18.0. The average molecular weight is 428 g/mol. The lowest BCUT2D eigenvalue weighted by Crippen LogP contribution is -2.40. The molecular weight excluding hydrogens is 398 g/mol. The monoisotopic (exact) mass is 427 g/mol. The summed E-state index contributed by atoms with van der Waals surface area (Å²) in [6.45, 7) is 6.74. The molecule has 1 atom stereocenters. The maximum absolute atomic E-state index is 13.1. The fourth-order valence-corrected chi connectivity index (χ4v) is 4.14. The van der Waals surface area contributed by atoms with Crippen molar-refractivity contribution in [2.45, 2.75) is 25.7 Å². The van der Waals surface area contributed by atoms with Crippen molar-refractivity contribution in [1.29, 1.82) is 0 Å². The first-order chi connectivity index (χ1) is 14.1. The predicted octanol–water partition coefficient (Wildman–Crippen LogP) is 2.74. The van der Waals surface area contributed by atoms with Crippen molar-refractivity contribution in [3.05, 3.63) is 66.1 Å². The molecule has 0 saturated heterocycles. The molecule has 0 aliphatic heterocycles. The number of aliphatic hydroxyl groups is 1. The Balaban J connectivity index is 2.35. The number of amides is 2. The van der Waals surface area contributed by atoms with Crippen LogP contribution in [0, 0.1) is 0 Å². The van der Waals surface area contributed by atoms with E-state index in [-0.39, 0.29) is 0 Å². The number of nitrogens with two attached hydrogens (primary N) is 1. The van der Waals surface area contributed by atoms with Crippen LogP contribution in [0.4, 0.5) is 5.69 Å². The van der Waals surface area contributed by atoms with Gasteiger partial charge >= 0.3 is 0 Å². The number of rotatable bonds is 7. The van der Waals surface area contributed by atoms with Crippen LogP contribution >= 0.6 is 0 Å². The van der Waals surface area contributed by atoms with Gasteiger partial charge in [0.1, 0.15) is 11.8 Å². The van der Waals surface area contributed by atoms with Crippen LogP contribution in [0.15, 0.2) is 60.5 Å². The van der Waals surface area contributed by atoms with Gasteiger partial charge < -0.3 is 25.8 Å². The number of likely N-dealkylation sites (N-methyl/N-ethyl adjacent to an activating group) is 1. The van der Waals surface area contributed by atoms with Gasteiger partial charge in [0.25, 0.3) is 11.8 Å². The van der Waals surface area contributed by atoms with Gasteiger partial charge in [-0.05, 0) is 29.8 Å². The zero-order chi connectivity index (χ0) is 22.5. The Bertz CT molecular complexity index is 919. The van der Waals surface area contributed by atoms with Crippen molar-refractivity contribution in [3.8, 4) is 5.75 Å². The van der Waals surface area contributed by atoms with Crippen molar-refractivity contribution in [2.75, 3.05) is 19.5 Å². The Hall–Kier alpha value is -3.26. The van der Waals surface area contributed by atoms with Crippen LogP contribution in [0.25, 0.3) is 0 Å². The van der Waals surface area contributed by atoms with Crippen molar-refractivity contribution in [3.63, 3.8) is 0 Å². The van der Waals surface area contributed by atoms with Gasteiger partial charge in [-0.15, -0.1) is 0 Å². The van der Waals surface area contributed by atoms with E-state index in [1.54, 1.807) is 31.4 Å². The molecule has 8 heteroatoms. The van der Waals surface area contributed by atoms with Gasteiger partial charge in [-0.3, -0.25) is 9.59 Å². The summed E-state index contributed by atoms with van der Waals surface area (Å²) in [5.74, 6) is -1.19. The number of benzene rings is 2. The van der Waals surface area contributed by atoms with Gasteiger partial charge in [0, 0.05) is 18.9 Å². The van der Waals surface area contributed by atoms with E-state index in [4.69, 9.17) is 10.5 Å². The van der Waals surface area contributed by atoms with E-state index in [9.17, 15) is 14.7 Å². The number of hydrogen-bond donors (Lipinski definition) is 3. The highest BCUT2D eigenvalue weighted by Crippen LogP contribution is 2.25. The normalized spacial score (nSPS) is 12.8. The van der Waals surface area contributed by atoms with Crippen LogP contribution in [0.1, 0.15) is 11.6 Å². The van der Waals surface area contributed by atoms with Gasteiger partial charge in [-0.1, -0.05) is 49.1 Å². The molecule has 2 rings (SSSR count). The highest BCUT2D eigenvalue weighted by molar-refractivity contribution is 6.88. The average Bonchev–Trinajstić information content (AvgIpc) is 2.72. The number of carbonyl (C=O) groups excluding carboxylic acids is 2. The summed E-state index contributed by atoms with van der Waals surface area (Å²) in [5.41, 5.74) is 6.45. The van der Waals surface area contributed by atoms with Crippen molar-refractivity contribution >= 4 is 30.8 Å². The smallest absolute Gasteiger partial charge is 0.290 e. The first kappa shape index (κ1) is 23.0. The minimum absolute atomic E-state index is 0.415. The third-order valence-corrected chi connectivity index (χ3v) is 6.85. The first-order valence-corrected chi connectivity index (χ1v) is 13.0. The number of carbonyl (C=O) groups is 2. The summed E-state index contributed by atoms with van der Waals surface area (Å²) in [6.07, 6.45) is 0.803. The summed E-state index contributed by atoms with van der Waals surface area (Å²) < 4.78 is 5.16. The molecular formula is C22H29N3O4Si. The van der Waals surface area contributed by atoms with Gasteiger partial charge in [-0.25, -0.2) is 0 Å². The van der Waals surface area contributed by atoms with Crippen molar-refractivity contribution in [1.82, 2.24) is 4.90 Å². The Morgan fingerprint density at radius 2 is 1.67 bits per heavy atom. The Morgan fingerprint density at radius 1 is 1.10 bits per heavy atom. The molecule has 0 aliphatic rings. The van der Waals surface area contributed by atoms with Crippen LogP contribution in [0.5, 0.6) is 5.75 Å². The van der Waals surface area contributed by atoms with Crippen LogP contribution in [-0.2, 0) is 9.59 Å². The summed E-state index contributed by atoms with van der Waals surface area (Å²) in [6, 6.07) is 13.6. The number of methoxy groups -OCH3 is 1. The molecule has 30 heavy (non-hydrogen) atoms. The second-order valence-electron chi connectivity index (χ2n) is 7.96. The molecule has 0 heterocycles. The zero-order valence-corrected chi connectivity index (χ0v) is 19.0. The third kappa shape index (κ3) is 5.41. The first-order valence-electron chi connectivity index (χ1n) is 9.52. The fourth-order valence-electron chi connectivity index (χ4n) is 2.97. The highest BCUT2D eigenvalue weighted by Gasteiger charge is 2.30. The quantitative estimate of drug-likeness (QED) is 0.358. The molecule has 1 unspecified atom stereocenters. The van der Waals surface area contributed by atoms with Crippen molar-refractivity contribution < 1.29 is 19.4 Å². The fraction of sp³-hybridized carbons (Fsp3) is 0.273. The molecule has 4 N–H and O–H groups in total. The molecule has 2 aromatic rings. The number of nitrogens with one attached hydrogen (secondary N) is 1. The van der Waals surface area contributed by atoms with E-state index in [1.165, 1.54) is 12.2 Å². The highest BCUT2D eigenvalue weighted by atomic mass is 28.3. The number of ether oxygens (including phenoxy) is 1. The summed E-state index contributed by atoms with van der Waals surface area (Å²) in [5, 5.41) is 13.9. The lowest BCUT2D eigenvalue weighted by atomic mass is 10.0. The van der Waals surface area contributed by atoms with Gasteiger partial charge in [0.15, 0.2) is 5.76 Å². The van der Waals surface area contributed by atoms with Crippen LogP contribution in [0.3, 0.4) is 0 Å². The third-order valence-electron chi connectivity index (χ3n) is 4.78. The van der Waals surface area contributed by atoms with Gasteiger partial charge in [0.05, 0.1) is 15.2 Å². The molecule has 2 aromatic carbocycles. The summed E-state index contributed by atoms with van der Waals surface area (Å²) >= 11 is 0. The number of nitrogens with zero attached hydrogens (tertiary/aromatic N) is 1. The maximum atomic E-state index is 13.1. The van der Waals surface area contributed by atoms with Crippen LogP contribution in [-0.4, -0.2) is 44.1 Å². The van der Waals surface area contributed by atoms with Gasteiger partial charge in [-0.2, -0.15) is 0 Å². The van der Waals surface area contributed by atoms with E-state index < -0.39 is 31.7 Å². The van der Waals surface area contributed by atoms with E-state index in [0.717, 1.165) is 11.1 Å². The van der Waals surface area contributed by atoms with E-state index >= 15 is 0 Å². The van der Waals surface area contributed by atoms with Gasteiger partial charge in [0.2, 0.25) is 0 Å². The lowest BCUT2D eigenvalue weighted by Gasteiger charge is -2.27. The maximum Gasteiger partial charge on any atom is 0.290 e. The standard InChI is InChI=1S/C22H29N3O4Si/c1-25(22(28)19(26)14-23)20(15-6-10-17(29-2)11-7-15)21(27)24-16-8-12-18(13-9-16)30(3,4)5/h6-14,20,26H,23H2,1-5H3,(H,24,27)/b19-14-. The molecule has 2 amide bonds. The summed E-state index contributed by atoms with van der Waals surface area (Å²) in [4.78, 5) is 26.7. The molecule has 0 fully saturated rings. The number of anilines is 1. The van der Waals surface area contributed by atoms with E-state index in [2.05, 4.69) is 25.0 Å². The topological polar surface area (TPSA) is 105 Å². The molecule has 160 valence electrons. The molecule has 0 aliphatic carbocycles. The molecule has 0 bridgehead atoms. The summed E-state index contributed by atoms with van der Waals surface area (Å²) in [7, 11) is 1.53. The SMILES string of the molecule is COc1ccc(C(C(=O)Nc2ccc([Si](C)(C)C)cc2)N(C)C(=O)/C(O)=C/N)cc1. The van der Waals surface area contributed by atoms with Crippen LogP contribution in [0.2, 0.25) is 19.6 Å². The van der Waals surface area contributed by atoms with Crippen molar-refractivity contribution in [2.24, 2.45) is 5.73 Å². The number of aliphatic hydroxyl groups excluding tert-OH is 1. The van der Waals surface area contributed by atoms with E-state index in [0.29, 0.717) is 17.0 Å². The lowest BCUT2D eigenvalue weighted by molar-refractivity contribution is -0.136. The molecule has 0 saturated carbocycles. The Kier molecular flexibility index (Phi) is 7.28. The molecule has 0 spiro atoms. The predicted molar refractivity (Wildman–Crippen MR) is 121 cm³/mol. The largest absolute Gasteiger partial charge is 0.502 e. The molecule has 0 radical (unpaired) electrons. The second-order valence-corrected chi connectivity index (χ2v) is 13.0. The minimum atomic E-state index is -1.45. The Labute approximate surface area is 178 Å².